The van der Waals surface area contributed by atoms with E-state index in [2.05, 4.69) is 54.6 Å². The third kappa shape index (κ3) is 17.6. The van der Waals surface area contributed by atoms with Crippen LogP contribution < -0.4 is 20.0 Å². The first-order valence-corrected chi connectivity index (χ1v) is 28.4. The van der Waals surface area contributed by atoms with Gasteiger partial charge in [-0.25, -0.2) is 29.5 Å². The smallest absolute Gasteiger partial charge is 0.416 e. The summed E-state index contributed by atoms with van der Waals surface area (Å²) in [5.41, 5.74) is -2.95. The summed E-state index contributed by atoms with van der Waals surface area (Å²) in [7, 11) is 3.51. The Balaban J connectivity index is 0.000000205. The number of halogens is 13. The minimum Gasteiger partial charge on any atom is -0.461 e. The number of rotatable bonds is 17. The van der Waals surface area contributed by atoms with E-state index in [4.69, 9.17) is 20.8 Å². The number of oxazole rings is 2. The van der Waals surface area contributed by atoms with E-state index in [-0.39, 0.29) is 102 Å². The van der Waals surface area contributed by atoms with Crippen molar-refractivity contribution in [1.29, 1.82) is 0 Å². The van der Waals surface area contributed by atoms with Crippen LogP contribution in [0.3, 0.4) is 0 Å². The molecule has 2 fully saturated rings. The summed E-state index contributed by atoms with van der Waals surface area (Å²) in [4.78, 5) is 53.6. The summed E-state index contributed by atoms with van der Waals surface area (Å²) < 4.78 is 185. The number of nitrogens with zero attached hydrogens (tertiary/aromatic N) is 13. The third-order valence-electron chi connectivity index (χ3n) is 14.5. The first-order valence-electron chi connectivity index (χ1n) is 28.1. The Labute approximate surface area is 516 Å². The highest BCUT2D eigenvalue weighted by Crippen LogP contribution is 2.40. The Morgan fingerprint density at radius 1 is 0.582 bits per heavy atom. The van der Waals surface area contributed by atoms with Crippen LogP contribution in [0.25, 0.3) is 22.3 Å². The fourth-order valence-electron chi connectivity index (χ4n) is 10.0. The van der Waals surface area contributed by atoms with Gasteiger partial charge >= 0.3 is 36.6 Å². The molecule has 10 rings (SSSR count). The number of carbonyl (C=O) groups excluding carboxylic acids is 2. The van der Waals surface area contributed by atoms with Crippen LogP contribution in [0.2, 0.25) is 5.35 Å². The van der Waals surface area contributed by atoms with Gasteiger partial charge in [0.1, 0.15) is 12.5 Å². The second-order valence-electron chi connectivity index (χ2n) is 20.9. The largest absolute Gasteiger partial charge is 0.461 e. The Morgan fingerprint density at radius 2 is 1.01 bits per heavy atom. The SMILES string of the molecule is CCOC(=O)c1coc(Cl)n1.CCOC(=O)c1coc(N2C[C@@H](N(Cc3cc(C(F)(F)F)cc(C(F)(F)F)c3)c3ncc(-c4cnn(C)c4)cn3)C[C@H]2CC)n1.CC[C@@H]1C[C@H](N(Cc2cc(C(F)(F)F)cc(C(F)(F)F)c2)c2ncc(-c3cnn(C)c3)cn2)CN1. The molecule has 0 bridgehead atoms. The van der Waals surface area contributed by atoms with Gasteiger partial charge in [-0.2, -0.15) is 72.9 Å². The van der Waals surface area contributed by atoms with Gasteiger partial charge in [0.25, 0.3) is 11.4 Å². The van der Waals surface area contributed by atoms with Gasteiger partial charge in [0.05, 0.1) is 53.9 Å². The normalized spacial score (nSPS) is 16.8. The Hall–Kier alpha value is -8.81. The highest BCUT2D eigenvalue weighted by atomic mass is 35.5. The number of aromatic nitrogens is 10. The molecule has 20 nitrogen and oxygen atoms in total. The molecule has 0 spiro atoms. The van der Waals surface area contributed by atoms with Crippen LogP contribution in [-0.4, -0.2) is 112 Å². The van der Waals surface area contributed by atoms with Gasteiger partial charge in [-0.15, -0.1) is 0 Å². The van der Waals surface area contributed by atoms with Crippen LogP contribution >= 0.6 is 11.6 Å². The molecule has 0 unspecified atom stereocenters. The summed E-state index contributed by atoms with van der Waals surface area (Å²) in [5.74, 6) is -0.852. The van der Waals surface area contributed by atoms with E-state index in [1.54, 1.807) is 89.2 Å². The zero-order valence-corrected chi connectivity index (χ0v) is 50.1. The Bertz CT molecular complexity index is 3660. The average Bonchev–Trinajstić information content (AvgIpc) is 1.83. The minimum absolute atomic E-state index is 0.0278. The number of hydrogen-bond donors (Lipinski definition) is 1. The van der Waals surface area contributed by atoms with Gasteiger partial charge in [0.15, 0.2) is 11.4 Å². The van der Waals surface area contributed by atoms with Crippen molar-refractivity contribution in [1.82, 2.24) is 54.8 Å². The highest BCUT2D eigenvalue weighted by molar-refractivity contribution is 6.27. The van der Waals surface area contributed by atoms with Crippen molar-refractivity contribution in [2.45, 2.75) is 115 Å². The van der Waals surface area contributed by atoms with Crippen LogP contribution in [0.15, 0.2) is 107 Å². The molecule has 8 heterocycles. The van der Waals surface area contributed by atoms with Gasteiger partial charge in [-0.05, 0) is 98.7 Å². The molecular formula is C58H59ClF12N14O6. The lowest BCUT2D eigenvalue weighted by atomic mass is 10.0. The lowest BCUT2D eigenvalue weighted by Gasteiger charge is -2.29. The number of ether oxygens (including phenoxy) is 2. The molecule has 6 aromatic heterocycles. The molecule has 0 amide bonds. The van der Waals surface area contributed by atoms with Crippen LogP contribution in [0, 0.1) is 0 Å². The monoisotopic (exact) mass is 1310 g/mol. The fraction of sp³-hybridized carbons (Fsp3) is 0.414. The molecule has 91 heavy (non-hydrogen) atoms. The predicted molar refractivity (Wildman–Crippen MR) is 304 cm³/mol. The fourth-order valence-corrected chi connectivity index (χ4v) is 10.2. The van der Waals surface area contributed by atoms with Crippen molar-refractivity contribution in [2.24, 2.45) is 14.1 Å². The van der Waals surface area contributed by atoms with Crippen LogP contribution in [-0.2, 0) is 61.4 Å². The molecule has 33 heteroatoms. The second kappa shape index (κ2) is 28.6. The van der Waals surface area contributed by atoms with Crippen molar-refractivity contribution < 1.29 is 80.6 Å². The average molecular weight is 1310 g/mol. The van der Waals surface area contributed by atoms with Gasteiger partial charge in [-0.3, -0.25) is 9.36 Å². The number of carbonyl (C=O) groups is 2. The lowest BCUT2D eigenvalue weighted by molar-refractivity contribution is -0.144. The summed E-state index contributed by atoms with van der Waals surface area (Å²) in [6.45, 7) is 7.90. The molecule has 2 aromatic carbocycles. The first-order chi connectivity index (χ1) is 42.9. The molecule has 2 aliphatic rings. The zero-order chi connectivity index (χ0) is 66.2. The van der Waals surface area contributed by atoms with E-state index in [1.165, 1.54) is 18.7 Å². The molecule has 0 radical (unpaired) electrons. The molecule has 0 aliphatic carbocycles. The molecule has 8 aromatic rings. The van der Waals surface area contributed by atoms with Crippen molar-refractivity contribution >= 4 is 41.5 Å². The maximum atomic E-state index is 13.7. The van der Waals surface area contributed by atoms with Crippen molar-refractivity contribution in [3.8, 4) is 22.3 Å². The van der Waals surface area contributed by atoms with Crippen LogP contribution in [0.5, 0.6) is 0 Å². The summed E-state index contributed by atoms with van der Waals surface area (Å²) in [6.07, 6.45) is -2.01. The van der Waals surface area contributed by atoms with Crippen LogP contribution in [0.4, 0.5) is 70.6 Å². The number of aryl methyl sites for hydroxylation is 2. The molecule has 2 saturated heterocycles. The van der Waals surface area contributed by atoms with Crippen molar-refractivity contribution in [3.05, 3.63) is 149 Å². The minimum atomic E-state index is -5.00. The third-order valence-corrected chi connectivity index (χ3v) is 14.7. The number of hydrogen-bond acceptors (Lipinski definition) is 18. The Kier molecular flexibility index (Phi) is 21.4. The van der Waals surface area contributed by atoms with E-state index in [9.17, 15) is 62.3 Å². The van der Waals surface area contributed by atoms with Gasteiger partial charge in [-0.1, -0.05) is 13.8 Å². The van der Waals surface area contributed by atoms with Crippen molar-refractivity contribution in [3.63, 3.8) is 0 Å². The second-order valence-corrected chi connectivity index (χ2v) is 21.2. The number of nitrogens with one attached hydrogen (secondary N) is 1. The number of esters is 2. The molecule has 488 valence electrons. The molecule has 2 aliphatic heterocycles. The quantitative estimate of drug-likeness (QED) is 0.0663. The van der Waals surface area contributed by atoms with Gasteiger partial charge in [0.2, 0.25) is 11.9 Å². The maximum Gasteiger partial charge on any atom is 0.416 e. The van der Waals surface area contributed by atoms with E-state index in [1.807, 2.05) is 13.8 Å². The first kappa shape index (κ1) is 68.1. The topological polar surface area (TPSA) is 214 Å². The van der Waals surface area contributed by atoms with Gasteiger partial charge < -0.3 is 38.3 Å². The highest BCUT2D eigenvalue weighted by Gasteiger charge is 2.42. The van der Waals surface area contributed by atoms with E-state index in [0.29, 0.717) is 55.7 Å². The summed E-state index contributed by atoms with van der Waals surface area (Å²) in [6, 6.07) is 2.60. The molecule has 4 atom stereocenters. The van der Waals surface area contributed by atoms with Crippen molar-refractivity contribution in [2.75, 3.05) is 41.0 Å². The van der Waals surface area contributed by atoms with E-state index >= 15 is 0 Å². The molecular weight excluding hydrogens is 1250 g/mol. The maximum absolute atomic E-state index is 13.7. The number of benzene rings is 2. The number of anilines is 3. The van der Waals surface area contributed by atoms with Gasteiger partial charge in [0, 0.05) is 118 Å². The predicted octanol–water partition coefficient (Wildman–Crippen LogP) is 12.7. The van der Waals surface area contributed by atoms with E-state index in [0.717, 1.165) is 35.9 Å². The van der Waals surface area contributed by atoms with Crippen LogP contribution in [0.1, 0.15) is 108 Å². The summed E-state index contributed by atoms with van der Waals surface area (Å²) in [5, 5.41) is 11.5. The standard InChI is InChI=1S/C29H29F6N7O3.C23H24F6N6.C6H6ClNO3/c1-4-22-9-23(15-42(22)27-39-24(16-45-27)25(43)44-5-2)41(26-36-10-18(11-37-26)19-12-38-40(3)14-19)13-17-6-20(28(30,31)32)8-21(7-17)29(33,34)35;1-3-19-7-20(11-30-19)35(21-31-8-15(9-32-21)16-10-33-34(2)13-16)12-14-4-17(22(24,25)26)6-18(5-14)23(27,28)29;1-2-10-5(9)4-3-11-6(7)8-4/h6-8,10-12,14,16,22-23H,4-5,9,13,15H2,1-3H3;4-6,8-10,13,19-20,30H,3,7,11-12H2,1-2H3;3H,2H2,1H3/t22-,23+;19-,20+;/m11./s1. The van der Waals surface area contributed by atoms with E-state index < -0.39 is 64.9 Å². The number of alkyl halides is 12. The lowest BCUT2D eigenvalue weighted by Crippen LogP contribution is -2.38. The molecule has 0 saturated carbocycles. The Morgan fingerprint density at radius 3 is 1.37 bits per heavy atom. The summed E-state index contributed by atoms with van der Waals surface area (Å²) >= 11 is 5.32. The zero-order valence-electron chi connectivity index (χ0n) is 49.3. The molecule has 1 N–H and O–H groups in total.